The summed E-state index contributed by atoms with van der Waals surface area (Å²) in [5, 5.41) is 7.48. The van der Waals surface area contributed by atoms with Gasteiger partial charge >= 0.3 is 14.8 Å². The van der Waals surface area contributed by atoms with Crippen LogP contribution in [0.25, 0.3) is 0 Å². The third-order valence-corrected chi connectivity index (χ3v) is 37.9. The molecule has 0 unspecified atom stereocenters. The number of hydrogen-bond donors (Lipinski definition) is 0. The summed E-state index contributed by atoms with van der Waals surface area (Å²) in [5.74, 6) is 2.63. The van der Waals surface area contributed by atoms with Gasteiger partial charge in [-0.2, -0.15) is 0 Å². The van der Waals surface area contributed by atoms with Crippen LogP contribution in [0.4, 0.5) is 0 Å². The number of para-hydroxylation sites is 2. The van der Waals surface area contributed by atoms with Gasteiger partial charge in [-0.1, -0.05) is 205 Å². The van der Waals surface area contributed by atoms with E-state index >= 15 is 0 Å². The lowest BCUT2D eigenvalue weighted by atomic mass is 10.3. The third kappa shape index (κ3) is 8.07. The second kappa shape index (κ2) is 19.0. The first-order chi connectivity index (χ1) is 22.1. The van der Waals surface area contributed by atoms with Crippen LogP contribution in [-0.2, 0) is 0 Å². The fraction of sp³-hybridized carbons (Fsp3) is 0.692. The molecule has 7 heteroatoms. The van der Waals surface area contributed by atoms with Gasteiger partial charge in [0.25, 0.3) is 0 Å². The molecule has 260 valence electrons. The van der Waals surface area contributed by atoms with Gasteiger partial charge in [0.15, 0.2) is 0 Å². The van der Waals surface area contributed by atoms with Gasteiger partial charge in [0.05, 0.1) is 43.8 Å². The minimum Gasteiger partial charge on any atom is -0.612 e. The van der Waals surface area contributed by atoms with E-state index < -0.39 is 47.1 Å². The number of hydrogen-bond acceptors (Lipinski definition) is 2. The molecular formula is C39H73AlO2Si4. The molecule has 2 nitrogen and oxygen atoms in total. The molecule has 0 atom stereocenters. The molecule has 2 aromatic carbocycles. The molecule has 0 amide bonds. The maximum atomic E-state index is 7.70. The lowest BCUT2D eigenvalue weighted by Crippen LogP contribution is -2.56. The van der Waals surface area contributed by atoms with Crippen LogP contribution in [0.1, 0.15) is 96.4 Å². The molecule has 0 aromatic heterocycles. The molecule has 0 aliphatic rings. The van der Waals surface area contributed by atoms with Gasteiger partial charge in [-0.05, 0) is 26.0 Å². The highest BCUT2D eigenvalue weighted by Crippen LogP contribution is 2.32. The lowest BCUT2D eigenvalue weighted by Gasteiger charge is -2.39. The summed E-state index contributed by atoms with van der Waals surface area (Å²) in [6, 6.07) is 30.1. The van der Waals surface area contributed by atoms with Crippen LogP contribution >= 0.6 is 0 Å². The molecule has 2 aromatic rings. The van der Waals surface area contributed by atoms with Gasteiger partial charge < -0.3 is 7.58 Å². The number of benzene rings is 2. The van der Waals surface area contributed by atoms with Crippen LogP contribution < -0.4 is 28.3 Å². The zero-order valence-electron chi connectivity index (χ0n) is 32.8. The Labute approximate surface area is 296 Å². The molecule has 0 N–H and O–H groups in total. The summed E-state index contributed by atoms with van der Waals surface area (Å²) >= 11 is -2.13. The molecule has 0 spiro atoms. The predicted octanol–water partition coefficient (Wildman–Crippen LogP) is 10.9. The van der Waals surface area contributed by atoms with Crippen LogP contribution in [0.3, 0.4) is 0 Å². The molecule has 2 rings (SSSR count). The van der Waals surface area contributed by atoms with E-state index in [1.54, 1.807) is 20.7 Å². The van der Waals surface area contributed by atoms with Gasteiger partial charge in [-0.3, -0.25) is 0 Å². The van der Waals surface area contributed by atoms with Crippen LogP contribution in [0.15, 0.2) is 36.4 Å². The Bertz CT molecular complexity index is 987. The Hall–Kier alpha value is -0.560. The molecule has 0 radical (unpaired) electrons. The Balaban J connectivity index is 2.99. The van der Waals surface area contributed by atoms with E-state index in [-0.39, 0.29) is 0 Å². The van der Waals surface area contributed by atoms with Gasteiger partial charge in [-0.15, -0.1) is 0 Å². The van der Waals surface area contributed by atoms with Crippen molar-refractivity contribution < 1.29 is 7.58 Å². The van der Waals surface area contributed by atoms with Crippen molar-refractivity contribution in [2.24, 2.45) is 0 Å². The van der Waals surface area contributed by atoms with Gasteiger partial charge in [0, 0.05) is 0 Å². The normalized spacial score (nSPS) is 12.8. The Morgan fingerprint density at radius 2 is 0.609 bits per heavy atom. The summed E-state index contributed by atoms with van der Waals surface area (Å²) < 4.78 is 15.4. The highest BCUT2D eigenvalue weighted by molar-refractivity contribution is 6.97. The van der Waals surface area contributed by atoms with E-state index in [1.807, 2.05) is 0 Å². The van der Waals surface area contributed by atoms with Crippen molar-refractivity contribution >= 4 is 67.9 Å². The molecule has 0 aliphatic carbocycles. The zero-order valence-corrected chi connectivity index (χ0v) is 37.9. The Morgan fingerprint density at radius 1 is 0.391 bits per heavy atom. The average molecular weight is 713 g/mol. The van der Waals surface area contributed by atoms with Crippen LogP contribution in [0, 0.1) is 0 Å². The summed E-state index contributed by atoms with van der Waals surface area (Å²) in [5.41, 5.74) is 0. The van der Waals surface area contributed by atoms with Crippen molar-refractivity contribution in [2.45, 2.75) is 174 Å². The Morgan fingerprint density at radius 3 is 0.783 bits per heavy atom. The van der Waals surface area contributed by atoms with Crippen molar-refractivity contribution in [3.05, 3.63) is 36.4 Å². The van der Waals surface area contributed by atoms with E-state index in [0.29, 0.717) is 0 Å². The summed E-state index contributed by atoms with van der Waals surface area (Å²) in [6.45, 7) is 31.8. The van der Waals surface area contributed by atoms with E-state index in [4.69, 9.17) is 7.58 Å². The van der Waals surface area contributed by atoms with Gasteiger partial charge in [0.1, 0.15) is 0 Å². The summed E-state index contributed by atoms with van der Waals surface area (Å²) in [7, 11) is -6.83. The van der Waals surface area contributed by atoms with Crippen LogP contribution in [-0.4, -0.2) is 47.1 Å². The largest absolute Gasteiger partial charge is 0.856 e. The molecule has 0 fully saturated rings. The monoisotopic (exact) mass is 712 g/mol. The molecule has 46 heavy (non-hydrogen) atoms. The fourth-order valence-corrected chi connectivity index (χ4v) is 26.5. The SMILES string of the molecule is CC[CH2][Al]([O]c1c([Si](CC)(CC)CC)cccc1[Si](CC)(CC)CC)[O]c1c([Si](CC)(CC)CC)cccc1[Si](CC)(CC)CC. The van der Waals surface area contributed by atoms with Crippen molar-refractivity contribution in [2.75, 3.05) is 0 Å². The maximum absolute atomic E-state index is 7.70. The quantitative estimate of drug-likeness (QED) is 0.113. The van der Waals surface area contributed by atoms with Crippen molar-refractivity contribution in [1.29, 1.82) is 0 Å². The highest BCUT2D eigenvalue weighted by atomic mass is 28.3. The fourth-order valence-electron chi connectivity index (χ4n) is 8.92. The van der Waals surface area contributed by atoms with E-state index in [0.717, 1.165) is 11.7 Å². The van der Waals surface area contributed by atoms with E-state index in [9.17, 15) is 0 Å². The highest BCUT2D eigenvalue weighted by Gasteiger charge is 2.44. The maximum Gasteiger partial charge on any atom is 0.856 e. The standard InChI is InChI=1S/2C18H34OSi2.C3H7.Al/c2*1-7-20(8-2,9-3)16-14-13-15-17(18(16)19)21(10-4,11-5)12-6;1-3-2;/h2*13-15,19H,7-12H2,1-6H3;1,3H2,2H3;/q;;;+2/p-2. The summed E-state index contributed by atoms with van der Waals surface area (Å²) in [6.07, 6.45) is 1.11. The van der Waals surface area contributed by atoms with E-state index in [1.165, 1.54) is 84.0 Å². The molecule has 0 saturated heterocycles. The minimum atomic E-state index is -2.13. The zero-order chi connectivity index (χ0) is 34.6. The second-order valence-electron chi connectivity index (χ2n) is 14.2. The van der Waals surface area contributed by atoms with Gasteiger partial charge in [0.2, 0.25) is 0 Å². The average Bonchev–Trinajstić information content (AvgIpc) is 3.10. The smallest absolute Gasteiger partial charge is 0.612 e. The lowest BCUT2D eigenvalue weighted by molar-refractivity contribution is 0.426. The molecule has 0 bridgehead atoms. The summed E-state index contributed by atoms with van der Waals surface area (Å²) in [4.78, 5) is 0. The van der Waals surface area contributed by atoms with Gasteiger partial charge in [-0.25, -0.2) is 0 Å². The van der Waals surface area contributed by atoms with Crippen molar-refractivity contribution in [3.63, 3.8) is 0 Å². The molecule has 0 saturated carbocycles. The molecule has 0 aliphatic heterocycles. The van der Waals surface area contributed by atoms with Crippen LogP contribution in [0.2, 0.25) is 77.8 Å². The van der Waals surface area contributed by atoms with Crippen molar-refractivity contribution in [1.82, 2.24) is 0 Å². The second-order valence-corrected chi connectivity index (χ2v) is 37.0. The first kappa shape index (κ1) is 41.6. The molecule has 0 heterocycles. The predicted molar refractivity (Wildman–Crippen MR) is 222 cm³/mol. The topological polar surface area (TPSA) is 18.5 Å². The third-order valence-electron chi connectivity index (χ3n) is 13.5. The first-order valence-corrected chi connectivity index (χ1v) is 32.0. The van der Waals surface area contributed by atoms with Crippen molar-refractivity contribution in [3.8, 4) is 11.5 Å². The van der Waals surface area contributed by atoms with E-state index in [2.05, 4.69) is 126 Å². The number of rotatable bonds is 22. The molecular weight excluding hydrogens is 640 g/mol. The Kier molecular flexibility index (Phi) is 17.2. The minimum absolute atomic E-state index is 1.05. The first-order valence-electron chi connectivity index (χ1n) is 19.7. The van der Waals surface area contributed by atoms with Crippen LogP contribution in [0.5, 0.6) is 11.5 Å².